The molecule has 1 amide bonds. The van der Waals surface area contributed by atoms with Gasteiger partial charge in [0.25, 0.3) is 0 Å². The van der Waals surface area contributed by atoms with Crippen molar-refractivity contribution in [2.24, 2.45) is 0 Å². The number of hydrogen-bond donors (Lipinski definition) is 1. The second-order valence-electron chi connectivity index (χ2n) is 6.15. The third-order valence-electron chi connectivity index (χ3n) is 4.23. The lowest BCUT2D eigenvalue weighted by atomic mass is 9.98. The van der Waals surface area contributed by atoms with Crippen LogP contribution in [0.25, 0.3) is 0 Å². The number of aryl methyl sites for hydroxylation is 1. The van der Waals surface area contributed by atoms with Crippen molar-refractivity contribution in [1.82, 2.24) is 5.32 Å². The predicted molar refractivity (Wildman–Crippen MR) is 105 cm³/mol. The molecule has 2 nitrogen and oxygen atoms in total. The molecule has 0 saturated carbocycles. The van der Waals surface area contributed by atoms with Crippen molar-refractivity contribution in [2.45, 2.75) is 31.7 Å². The Kier molecular flexibility index (Phi) is 6.41. The molecule has 1 atom stereocenters. The number of thiophene rings is 1. The van der Waals surface area contributed by atoms with Crippen LogP contribution in [0.15, 0.2) is 78.2 Å². The van der Waals surface area contributed by atoms with Gasteiger partial charge < -0.3 is 5.32 Å². The van der Waals surface area contributed by atoms with Crippen LogP contribution in [0.5, 0.6) is 0 Å². The molecule has 0 radical (unpaired) electrons. The lowest BCUT2D eigenvalue weighted by molar-refractivity contribution is -0.121. The molecule has 3 aromatic rings. The molecule has 3 heteroatoms. The Morgan fingerprint density at radius 1 is 0.920 bits per heavy atom. The van der Waals surface area contributed by atoms with Crippen molar-refractivity contribution in [3.05, 3.63) is 94.2 Å². The quantitative estimate of drug-likeness (QED) is 0.597. The molecular weight excluding hydrogens is 326 g/mol. The Morgan fingerprint density at radius 2 is 1.64 bits per heavy atom. The van der Waals surface area contributed by atoms with Crippen LogP contribution < -0.4 is 5.32 Å². The maximum atomic E-state index is 12.4. The summed E-state index contributed by atoms with van der Waals surface area (Å²) in [6.07, 6.45) is 3.23. The molecule has 0 spiro atoms. The zero-order chi connectivity index (χ0) is 17.3. The van der Waals surface area contributed by atoms with Crippen LogP contribution >= 0.6 is 11.3 Å². The zero-order valence-electron chi connectivity index (χ0n) is 14.2. The summed E-state index contributed by atoms with van der Waals surface area (Å²) in [4.78, 5) is 13.8. The first-order valence-corrected chi connectivity index (χ1v) is 9.60. The number of carbonyl (C=O) groups excluding carboxylic acids is 1. The Hall–Kier alpha value is -2.39. The fourth-order valence-electron chi connectivity index (χ4n) is 2.93. The first-order chi connectivity index (χ1) is 12.3. The standard InChI is InChI=1S/C22H23NOS/c24-22(15-7-13-20-14-8-16-25-20)23-21(19-11-5-2-6-12-19)17-18-9-3-1-4-10-18/h1-6,8-12,14,16,21H,7,13,15,17H2,(H,23,24). The average molecular weight is 349 g/mol. The van der Waals surface area contributed by atoms with E-state index in [0.717, 1.165) is 24.8 Å². The molecule has 2 aromatic carbocycles. The molecule has 0 aliphatic heterocycles. The summed E-state index contributed by atoms with van der Waals surface area (Å²) in [5, 5.41) is 5.31. The SMILES string of the molecule is O=C(CCCc1cccs1)NC(Cc1ccccc1)c1ccccc1. The number of hydrogen-bond acceptors (Lipinski definition) is 2. The monoisotopic (exact) mass is 349 g/mol. The third kappa shape index (κ3) is 5.57. The lowest BCUT2D eigenvalue weighted by Crippen LogP contribution is -2.29. The van der Waals surface area contributed by atoms with Gasteiger partial charge in [-0.25, -0.2) is 0 Å². The van der Waals surface area contributed by atoms with E-state index in [0.29, 0.717) is 6.42 Å². The minimum atomic E-state index is 0.0119. The highest BCUT2D eigenvalue weighted by Gasteiger charge is 2.15. The van der Waals surface area contributed by atoms with Gasteiger partial charge in [0.15, 0.2) is 0 Å². The summed E-state index contributed by atoms with van der Waals surface area (Å²) in [5.74, 6) is 0.126. The van der Waals surface area contributed by atoms with Gasteiger partial charge in [-0.05, 0) is 41.8 Å². The van der Waals surface area contributed by atoms with E-state index in [1.807, 2.05) is 36.4 Å². The van der Waals surface area contributed by atoms with Crippen molar-refractivity contribution in [1.29, 1.82) is 0 Å². The van der Waals surface area contributed by atoms with Gasteiger partial charge >= 0.3 is 0 Å². The molecule has 1 aromatic heterocycles. The fourth-order valence-corrected chi connectivity index (χ4v) is 3.68. The Morgan fingerprint density at radius 3 is 2.32 bits per heavy atom. The second kappa shape index (κ2) is 9.19. The molecule has 3 rings (SSSR count). The normalized spacial score (nSPS) is 11.8. The summed E-state index contributed by atoms with van der Waals surface area (Å²) < 4.78 is 0. The highest BCUT2D eigenvalue weighted by molar-refractivity contribution is 7.09. The van der Waals surface area contributed by atoms with Crippen molar-refractivity contribution in [3.63, 3.8) is 0 Å². The van der Waals surface area contributed by atoms with Gasteiger partial charge in [0.1, 0.15) is 0 Å². The Labute approximate surface area is 153 Å². The fraction of sp³-hybridized carbons (Fsp3) is 0.227. The molecule has 1 N–H and O–H groups in total. The van der Waals surface area contributed by atoms with E-state index in [-0.39, 0.29) is 11.9 Å². The minimum Gasteiger partial charge on any atom is -0.349 e. The third-order valence-corrected chi connectivity index (χ3v) is 5.16. The van der Waals surface area contributed by atoms with Crippen LogP contribution in [0.4, 0.5) is 0 Å². The minimum absolute atomic E-state index is 0.0119. The highest BCUT2D eigenvalue weighted by Crippen LogP contribution is 2.19. The van der Waals surface area contributed by atoms with E-state index < -0.39 is 0 Å². The Bertz CT molecular complexity index is 753. The van der Waals surface area contributed by atoms with Gasteiger partial charge in [-0.15, -0.1) is 11.3 Å². The van der Waals surface area contributed by atoms with Crippen LogP contribution in [0.3, 0.4) is 0 Å². The summed E-state index contributed by atoms with van der Waals surface area (Å²) in [7, 11) is 0. The molecule has 0 bridgehead atoms. The van der Waals surface area contributed by atoms with Crippen molar-refractivity contribution < 1.29 is 4.79 Å². The number of nitrogens with one attached hydrogen (secondary N) is 1. The summed E-state index contributed by atoms with van der Waals surface area (Å²) >= 11 is 1.76. The number of rotatable bonds is 8. The summed E-state index contributed by atoms with van der Waals surface area (Å²) in [6, 6.07) is 24.7. The van der Waals surface area contributed by atoms with Crippen molar-refractivity contribution in [2.75, 3.05) is 0 Å². The molecule has 1 unspecified atom stereocenters. The van der Waals surface area contributed by atoms with E-state index in [1.165, 1.54) is 10.4 Å². The summed E-state index contributed by atoms with van der Waals surface area (Å²) in [5.41, 5.74) is 2.38. The van der Waals surface area contributed by atoms with Gasteiger partial charge in [-0.3, -0.25) is 4.79 Å². The van der Waals surface area contributed by atoms with Gasteiger partial charge in [-0.1, -0.05) is 66.7 Å². The second-order valence-corrected chi connectivity index (χ2v) is 7.19. The molecule has 128 valence electrons. The number of amides is 1. The first-order valence-electron chi connectivity index (χ1n) is 8.72. The molecule has 0 fully saturated rings. The van der Waals surface area contributed by atoms with E-state index in [9.17, 15) is 4.79 Å². The maximum Gasteiger partial charge on any atom is 0.220 e. The van der Waals surface area contributed by atoms with E-state index in [2.05, 4.69) is 47.1 Å². The number of benzene rings is 2. The zero-order valence-corrected chi connectivity index (χ0v) is 15.0. The highest BCUT2D eigenvalue weighted by atomic mass is 32.1. The van der Waals surface area contributed by atoms with E-state index in [4.69, 9.17) is 0 Å². The van der Waals surface area contributed by atoms with Crippen molar-refractivity contribution in [3.8, 4) is 0 Å². The first kappa shape index (κ1) is 17.4. The van der Waals surface area contributed by atoms with Crippen LogP contribution in [-0.2, 0) is 17.6 Å². The van der Waals surface area contributed by atoms with Crippen molar-refractivity contribution >= 4 is 17.2 Å². The average Bonchev–Trinajstić information content (AvgIpc) is 3.16. The Balaban J connectivity index is 1.59. The van der Waals surface area contributed by atoms with Gasteiger partial charge in [0, 0.05) is 11.3 Å². The van der Waals surface area contributed by atoms with Gasteiger partial charge in [0.05, 0.1) is 6.04 Å². The predicted octanol–water partition coefficient (Wildman–Crippen LogP) is 5.17. The van der Waals surface area contributed by atoms with Gasteiger partial charge in [-0.2, -0.15) is 0 Å². The molecule has 1 heterocycles. The lowest BCUT2D eigenvalue weighted by Gasteiger charge is -2.19. The molecule has 0 aliphatic rings. The van der Waals surface area contributed by atoms with Crippen LogP contribution in [-0.4, -0.2) is 5.91 Å². The van der Waals surface area contributed by atoms with Crippen LogP contribution in [0.2, 0.25) is 0 Å². The van der Waals surface area contributed by atoms with E-state index >= 15 is 0 Å². The molecule has 0 saturated heterocycles. The molecule has 0 aliphatic carbocycles. The van der Waals surface area contributed by atoms with E-state index in [1.54, 1.807) is 11.3 Å². The summed E-state index contributed by atoms with van der Waals surface area (Å²) in [6.45, 7) is 0. The molecular formula is C22H23NOS. The maximum absolute atomic E-state index is 12.4. The van der Waals surface area contributed by atoms with Crippen LogP contribution in [0, 0.1) is 0 Å². The molecule has 25 heavy (non-hydrogen) atoms. The topological polar surface area (TPSA) is 29.1 Å². The smallest absolute Gasteiger partial charge is 0.220 e. The largest absolute Gasteiger partial charge is 0.349 e. The van der Waals surface area contributed by atoms with Crippen LogP contribution in [0.1, 0.15) is 34.9 Å². The van der Waals surface area contributed by atoms with Gasteiger partial charge in [0.2, 0.25) is 5.91 Å². The number of carbonyl (C=O) groups is 1.